The van der Waals surface area contributed by atoms with E-state index in [-0.39, 0.29) is 5.91 Å². The first-order valence-corrected chi connectivity index (χ1v) is 9.81. The van der Waals surface area contributed by atoms with Gasteiger partial charge in [-0.1, -0.05) is 5.16 Å². The molecule has 1 fully saturated rings. The molecule has 0 aliphatic carbocycles. The van der Waals surface area contributed by atoms with Crippen molar-refractivity contribution in [2.45, 2.75) is 19.3 Å². The number of aryl methyl sites for hydroxylation is 1. The molecule has 0 unspecified atom stereocenters. The quantitative estimate of drug-likeness (QED) is 0.595. The highest BCUT2D eigenvalue weighted by atomic mass is 16.5. The minimum Gasteiger partial charge on any atom is -0.493 e. The Morgan fingerprint density at radius 2 is 2.00 bits per heavy atom. The number of nitrogens with zero attached hydrogens (tertiary/aromatic N) is 3. The average molecular weight is 404 g/mol. The SMILES string of the molecule is COc1ccc(-c2noc(CCC(=O)NCCCN3CCOCC3)n2)cc1OC. The van der Waals surface area contributed by atoms with Gasteiger partial charge in [0.2, 0.25) is 17.6 Å². The van der Waals surface area contributed by atoms with E-state index in [4.69, 9.17) is 18.7 Å². The van der Waals surface area contributed by atoms with E-state index in [0.717, 1.165) is 44.8 Å². The number of carbonyl (C=O) groups is 1. The molecule has 0 saturated carbocycles. The second kappa shape index (κ2) is 10.8. The molecule has 1 aromatic carbocycles. The summed E-state index contributed by atoms with van der Waals surface area (Å²) in [5, 5.41) is 6.93. The third-order valence-corrected chi connectivity index (χ3v) is 4.75. The highest BCUT2D eigenvalue weighted by molar-refractivity contribution is 5.76. The van der Waals surface area contributed by atoms with Crippen LogP contribution in [-0.4, -0.2) is 74.6 Å². The van der Waals surface area contributed by atoms with Gasteiger partial charge in [-0.3, -0.25) is 9.69 Å². The molecule has 1 saturated heterocycles. The molecule has 1 aromatic heterocycles. The predicted molar refractivity (Wildman–Crippen MR) is 106 cm³/mol. The van der Waals surface area contributed by atoms with Gasteiger partial charge in [0.05, 0.1) is 27.4 Å². The summed E-state index contributed by atoms with van der Waals surface area (Å²) in [4.78, 5) is 18.8. The van der Waals surface area contributed by atoms with Gasteiger partial charge in [-0.15, -0.1) is 0 Å². The molecular formula is C20H28N4O5. The Labute approximate surface area is 170 Å². The smallest absolute Gasteiger partial charge is 0.227 e. The van der Waals surface area contributed by atoms with Crippen LogP contribution in [0.3, 0.4) is 0 Å². The fraction of sp³-hybridized carbons (Fsp3) is 0.550. The van der Waals surface area contributed by atoms with Crippen LogP contribution in [0.2, 0.25) is 0 Å². The van der Waals surface area contributed by atoms with Crippen molar-refractivity contribution in [3.63, 3.8) is 0 Å². The number of carbonyl (C=O) groups excluding carboxylic acids is 1. The van der Waals surface area contributed by atoms with Gasteiger partial charge >= 0.3 is 0 Å². The van der Waals surface area contributed by atoms with Crippen molar-refractivity contribution in [2.75, 3.05) is 53.6 Å². The van der Waals surface area contributed by atoms with Crippen LogP contribution in [0.1, 0.15) is 18.7 Å². The average Bonchev–Trinajstić information content (AvgIpc) is 3.24. The molecule has 9 nitrogen and oxygen atoms in total. The van der Waals surface area contributed by atoms with Crippen LogP contribution in [0.25, 0.3) is 11.4 Å². The molecule has 2 heterocycles. The number of nitrogens with one attached hydrogen (secondary N) is 1. The number of hydrogen-bond acceptors (Lipinski definition) is 8. The van der Waals surface area contributed by atoms with E-state index in [2.05, 4.69) is 20.4 Å². The number of morpholine rings is 1. The Kier molecular flexibility index (Phi) is 7.83. The number of methoxy groups -OCH3 is 2. The zero-order valence-corrected chi connectivity index (χ0v) is 17.0. The maximum Gasteiger partial charge on any atom is 0.227 e. The summed E-state index contributed by atoms with van der Waals surface area (Å²) in [5.74, 6) is 2.08. The molecule has 0 atom stereocenters. The first kappa shape index (κ1) is 21.1. The normalized spacial score (nSPS) is 14.6. The molecule has 2 aromatic rings. The molecule has 29 heavy (non-hydrogen) atoms. The molecule has 9 heteroatoms. The molecular weight excluding hydrogens is 376 g/mol. The van der Waals surface area contributed by atoms with Gasteiger partial charge in [-0.2, -0.15) is 4.98 Å². The lowest BCUT2D eigenvalue weighted by molar-refractivity contribution is -0.121. The van der Waals surface area contributed by atoms with Crippen molar-refractivity contribution in [1.82, 2.24) is 20.4 Å². The summed E-state index contributed by atoms with van der Waals surface area (Å²) in [6.45, 7) is 5.16. The maximum absolute atomic E-state index is 12.0. The van der Waals surface area contributed by atoms with Crippen LogP contribution >= 0.6 is 0 Å². The summed E-state index contributed by atoms with van der Waals surface area (Å²) < 4.78 is 21.1. The molecule has 0 radical (unpaired) electrons. The Balaban J connectivity index is 1.41. The largest absolute Gasteiger partial charge is 0.493 e. The fourth-order valence-electron chi connectivity index (χ4n) is 3.11. The number of amides is 1. The van der Waals surface area contributed by atoms with Crippen molar-refractivity contribution >= 4 is 5.91 Å². The van der Waals surface area contributed by atoms with Gasteiger partial charge in [-0.05, 0) is 31.2 Å². The highest BCUT2D eigenvalue weighted by Gasteiger charge is 2.14. The van der Waals surface area contributed by atoms with E-state index < -0.39 is 0 Å². The molecule has 1 N–H and O–H groups in total. The number of aromatic nitrogens is 2. The van der Waals surface area contributed by atoms with E-state index in [1.54, 1.807) is 26.4 Å². The molecule has 1 aliphatic heterocycles. The molecule has 3 rings (SSSR count). The summed E-state index contributed by atoms with van der Waals surface area (Å²) in [7, 11) is 3.15. The zero-order chi connectivity index (χ0) is 20.5. The second-order valence-corrected chi connectivity index (χ2v) is 6.74. The zero-order valence-electron chi connectivity index (χ0n) is 17.0. The van der Waals surface area contributed by atoms with Crippen LogP contribution in [0.4, 0.5) is 0 Å². The van der Waals surface area contributed by atoms with Crippen molar-refractivity contribution in [3.8, 4) is 22.9 Å². The Morgan fingerprint density at radius 1 is 1.21 bits per heavy atom. The fourth-order valence-corrected chi connectivity index (χ4v) is 3.11. The summed E-state index contributed by atoms with van der Waals surface area (Å²) in [6.07, 6.45) is 1.64. The Hall–Kier alpha value is -2.65. The van der Waals surface area contributed by atoms with E-state index in [1.165, 1.54) is 0 Å². The van der Waals surface area contributed by atoms with Crippen molar-refractivity contribution in [3.05, 3.63) is 24.1 Å². The lowest BCUT2D eigenvalue weighted by Crippen LogP contribution is -2.38. The lowest BCUT2D eigenvalue weighted by Gasteiger charge is -2.26. The third kappa shape index (κ3) is 6.16. The highest BCUT2D eigenvalue weighted by Crippen LogP contribution is 2.31. The minimum absolute atomic E-state index is 0.0159. The van der Waals surface area contributed by atoms with Gasteiger partial charge in [0.1, 0.15) is 0 Å². The number of benzene rings is 1. The van der Waals surface area contributed by atoms with Crippen molar-refractivity contribution in [1.29, 1.82) is 0 Å². The maximum atomic E-state index is 12.0. The first-order chi connectivity index (χ1) is 14.2. The van der Waals surface area contributed by atoms with Crippen molar-refractivity contribution < 1.29 is 23.5 Å². The summed E-state index contributed by atoms with van der Waals surface area (Å²) >= 11 is 0. The Bertz CT molecular complexity index is 789. The Morgan fingerprint density at radius 3 is 2.76 bits per heavy atom. The molecule has 0 spiro atoms. The monoisotopic (exact) mass is 404 g/mol. The molecule has 0 bridgehead atoms. The van der Waals surface area contributed by atoms with Gasteiger partial charge in [0, 0.05) is 38.0 Å². The number of hydrogen-bond donors (Lipinski definition) is 1. The van der Waals surface area contributed by atoms with E-state index in [1.807, 2.05) is 6.07 Å². The van der Waals surface area contributed by atoms with Crippen LogP contribution in [0.5, 0.6) is 11.5 Å². The van der Waals surface area contributed by atoms with Gasteiger partial charge in [0.25, 0.3) is 0 Å². The number of ether oxygens (including phenoxy) is 3. The topological polar surface area (TPSA) is 99.0 Å². The van der Waals surface area contributed by atoms with Crippen LogP contribution in [0, 0.1) is 0 Å². The summed E-state index contributed by atoms with van der Waals surface area (Å²) in [5.41, 5.74) is 0.755. The van der Waals surface area contributed by atoms with E-state index in [9.17, 15) is 4.79 Å². The van der Waals surface area contributed by atoms with Gasteiger partial charge < -0.3 is 24.1 Å². The lowest BCUT2D eigenvalue weighted by atomic mass is 10.2. The minimum atomic E-state index is -0.0159. The first-order valence-electron chi connectivity index (χ1n) is 9.81. The third-order valence-electron chi connectivity index (χ3n) is 4.75. The molecule has 1 amide bonds. The van der Waals surface area contributed by atoms with E-state index >= 15 is 0 Å². The second-order valence-electron chi connectivity index (χ2n) is 6.74. The standard InChI is InChI=1S/C20H28N4O5/c1-26-16-5-4-15(14-17(16)27-2)20-22-19(29-23-20)7-6-18(25)21-8-3-9-24-10-12-28-13-11-24/h4-5,14H,3,6-13H2,1-2H3,(H,21,25). The van der Waals surface area contributed by atoms with Crippen molar-refractivity contribution in [2.24, 2.45) is 0 Å². The molecule has 158 valence electrons. The van der Waals surface area contributed by atoms with E-state index in [0.29, 0.717) is 42.6 Å². The summed E-state index contributed by atoms with van der Waals surface area (Å²) in [6, 6.07) is 5.40. The number of rotatable bonds is 10. The van der Waals surface area contributed by atoms with Crippen LogP contribution < -0.4 is 14.8 Å². The van der Waals surface area contributed by atoms with Crippen LogP contribution in [-0.2, 0) is 16.0 Å². The predicted octanol–water partition coefficient (Wildman–Crippen LogP) is 1.52. The van der Waals surface area contributed by atoms with Crippen LogP contribution in [0.15, 0.2) is 22.7 Å². The van der Waals surface area contributed by atoms with Gasteiger partial charge in [-0.25, -0.2) is 0 Å². The van der Waals surface area contributed by atoms with Gasteiger partial charge in [0.15, 0.2) is 11.5 Å². The molecule has 1 aliphatic rings.